The first kappa shape index (κ1) is 25.5. The van der Waals surface area contributed by atoms with Gasteiger partial charge in [-0.3, -0.25) is 9.59 Å². The second kappa shape index (κ2) is 12.3. The highest BCUT2D eigenvalue weighted by atomic mass is 79.9. The van der Waals surface area contributed by atoms with Gasteiger partial charge < -0.3 is 15.0 Å². The highest BCUT2D eigenvalue weighted by Crippen LogP contribution is 2.27. The van der Waals surface area contributed by atoms with E-state index in [1.54, 1.807) is 30.3 Å². The summed E-state index contributed by atoms with van der Waals surface area (Å²) in [6, 6.07) is 11.7. The first-order chi connectivity index (χ1) is 14.8. The van der Waals surface area contributed by atoms with E-state index in [9.17, 15) is 9.59 Å². The maximum Gasteiger partial charge on any atom is 0.261 e. The molecule has 0 bridgehead atoms. The van der Waals surface area contributed by atoms with E-state index < -0.39 is 6.04 Å². The van der Waals surface area contributed by atoms with Crippen molar-refractivity contribution in [3.05, 3.63) is 62.5 Å². The molecule has 0 radical (unpaired) electrons. The van der Waals surface area contributed by atoms with Gasteiger partial charge in [0.2, 0.25) is 5.91 Å². The van der Waals surface area contributed by atoms with Crippen LogP contribution >= 0.6 is 39.1 Å². The second-order valence-electron chi connectivity index (χ2n) is 7.21. The normalized spacial score (nSPS) is 12.7. The molecule has 5 nitrogen and oxygen atoms in total. The number of carbonyl (C=O) groups excluding carboxylic acids is 2. The van der Waals surface area contributed by atoms with E-state index in [4.69, 9.17) is 27.9 Å². The molecule has 0 fully saturated rings. The first-order valence-electron chi connectivity index (χ1n) is 10.2. The number of hydrogen-bond donors (Lipinski definition) is 1. The molecule has 2 rings (SSSR count). The van der Waals surface area contributed by atoms with Crippen LogP contribution in [-0.2, 0) is 16.1 Å². The fourth-order valence-electron chi connectivity index (χ4n) is 2.97. The van der Waals surface area contributed by atoms with Crippen LogP contribution < -0.4 is 10.1 Å². The van der Waals surface area contributed by atoms with Crippen molar-refractivity contribution in [2.24, 2.45) is 0 Å². The number of nitrogens with one attached hydrogen (secondary N) is 1. The monoisotopic (exact) mass is 528 g/mol. The summed E-state index contributed by atoms with van der Waals surface area (Å²) in [5.74, 6) is 0.0199. The Morgan fingerprint density at radius 3 is 2.23 bits per heavy atom. The van der Waals surface area contributed by atoms with Crippen molar-refractivity contribution in [3.63, 3.8) is 0 Å². The summed E-state index contributed by atoms with van der Waals surface area (Å²) in [6.07, 6.45) is 1.23. The molecule has 8 heteroatoms. The van der Waals surface area contributed by atoms with Gasteiger partial charge in [0, 0.05) is 32.7 Å². The van der Waals surface area contributed by atoms with Gasteiger partial charge in [-0.1, -0.05) is 59.0 Å². The molecule has 2 atom stereocenters. The van der Waals surface area contributed by atoms with Crippen LogP contribution in [-0.4, -0.2) is 35.4 Å². The molecular weight excluding hydrogens is 503 g/mol. The number of rotatable bonds is 10. The number of amides is 2. The van der Waals surface area contributed by atoms with Gasteiger partial charge in [-0.25, -0.2) is 0 Å². The standard InChI is InChI=1S/C23H27BrCl2N2O3/c1-4-15(3)27-23(30)21(5-2)28(13-18-19(25)7-6-8-20(18)26)22(29)14-31-17-11-9-16(24)10-12-17/h6-12,15,21H,4-5,13-14H2,1-3H3,(H,27,30)/t15-,21+/m1/s1. The minimum atomic E-state index is -0.678. The smallest absolute Gasteiger partial charge is 0.261 e. The minimum absolute atomic E-state index is 0.00131. The summed E-state index contributed by atoms with van der Waals surface area (Å²) in [4.78, 5) is 27.6. The number of nitrogens with zero attached hydrogens (tertiary/aromatic N) is 1. The van der Waals surface area contributed by atoms with E-state index in [0.29, 0.717) is 27.8 Å². The molecule has 2 aromatic carbocycles. The van der Waals surface area contributed by atoms with E-state index in [-0.39, 0.29) is 31.0 Å². The van der Waals surface area contributed by atoms with Crippen LogP contribution in [0, 0.1) is 0 Å². The van der Waals surface area contributed by atoms with Gasteiger partial charge in [0.1, 0.15) is 11.8 Å². The third-order valence-corrected chi connectivity index (χ3v) is 6.19. The van der Waals surface area contributed by atoms with Crippen molar-refractivity contribution in [2.75, 3.05) is 6.61 Å². The zero-order valence-electron chi connectivity index (χ0n) is 17.8. The molecule has 2 aromatic rings. The average molecular weight is 530 g/mol. The Kier molecular flexibility index (Phi) is 10.1. The van der Waals surface area contributed by atoms with Crippen molar-refractivity contribution in [2.45, 2.75) is 52.2 Å². The molecule has 0 aliphatic rings. The predicted octanol–water partition coefficient (Wildman–Crippen LogP) is 5.86. The highest BCUT2D eigenvalue weighted by molar-refractivity contribution is 9.10. The molecule has 0 spiro atoms. The molecular formula is C23H27BrCl2N2O3. The lowest BCUT2D eigenvalue weighted by atomic mass is 10.1. The predicted molar refractivity (Wildman–Crippen MR) is 129 cm³/mol. The zero-order chi connectivity index (χ0) is 23.0. The molecule has 0 saturated heterocycles. The van der Waals surface area contributed by atoms with Gasteiger partial charge in [0.15, 0.2) is 6.61 Å². The molecule has 0 saturated carbocycles. The molecule has 0 unspecified atom stereocenters. The van der Waals surface area contributed by atoms with Gasteiger partial charge in [-0.2, -0.15) is 0 Å². The maximum atomic E-state index is 13.2. The molecule has 2 amide bonds. The largest absolute Gasteiger partial charge is 0.484 e. The third-order valence-electron chi connectivity index (χ3n) is 4.95. The van der Waals surface area contributed by atoms with Crippen molar-refractivity contribution in [3.8, 4) is 5.75 Å². The lowest BCUT2D eigenvalue weighted by molar-refractivity contribution is -0.143. The number of carbonyl (C=O) groups is 2. The molecule has 0 aliphatic heterocycles. The topological polar surface area (TPSA) is 58.6 Å². The van der Waals surface area contributed by atoms with E-state index in [0.717, 1.165) is 10.9 Å². The number of halogens is 3. The number of ether oxygens (including phenoxy) is 1. The molecule has 1 N–H and O–H groups in total. The zero-order valence-corrected chi connectivity index (χ0v) is 20.9. The van der Waals surface area contributed by atoms with Crippen LogP contribution in [0.15, 0.2) is 46.9 Å². The Bertz CT molecular complexity index is 873. The third kappa shape index (κ3) is 7.41. The summed E-state index contributed by atoms with van der Waals surface area (Å²) in [6.45, 7) is 5.68. The lowest BCUT2D eigenvalue weighted by Crippen LogP contribution is -2.51. The average Bonchev–Trinajstić information content (AvgIpc) is 2.74. The Morgan fingerprint density at radius 1 is 1.06 bits per heavy atom. The van der Waals surface area contributed by atoms with Gasteiger partial charge in [0.05, 0.1) is 0 Å². The van der Waals surface area contributed by atoms with Gasteiger partial charge in [0.25, 0.3) is 5.91 Å². The van der Waals surface area contributed by atoms with Crippen molar-refractivity contribution in [1.29, 1.82) is 0 Å². The Balaban J connectivity index is 2.27. The summed E-state index contributed by atoms with van der Waals surface area (Å²) in [7, 11) is 0. The molecule has 31 heavy (non-hydrogen) atoms. The molecule has 0 heterocycles. The van der Waals surface area contributed by atoms with E-state index in [2.05, 4.69) is 21.2 Å². The van der Waals surface area contributed by atoms with Crippen LogP contribution in [0.1, 0.15) is 39.2 Å². The van der Waals surface area contributed by atoms with Crippen molar-refractivity contribution < 1.29 is 14.3 Å². The van der Waals surface area contributed by atoms with Crippen LogP contribution in [0.2, 0.25) is 10.0 Å². The number of benzene rings is 2. The minimum Gasteiger partial charge on any atom is -0.484 e. The van der Waals surface area contributed by atoms with Crippen LogP contribution in [0.5, 0.6) is 5.75 Å². The number of hydrogen-bond acceptors (Lipinski definition) is 3. The van der Waals surface area contributed by atoms with Gasteiger partial charge in [-0.15, -0.1) is 0 Å². The van der Waals surface area contributed by atoms with Crippen LogP contribution in [0.4, 0.5) is 0 Å². The van der Waals surface area contributed by atoms with E-state index in [1.165, 1.54) is 4.90 Å². The Hall–Kier alpha value is -1.76. The Labute approximate surface area is 202 Å². The quantitative estimate of drug-likeness (QED) is 0.419. The SMILES string of the molecule is CC[C@@H](C)NC(=O)[C@H](CC)N(Cc1c(Cl)cccc1Cl)C(=O)COc1ccc(Br)cc1. The summed E-state index contributed by atoms with van der Waals surface area (Å²) in [5, 5.41) is 3.85. The maximum absolute atomic E-state index is 13.2. The first-order valence-corrected chi connectivity index (χ1v) is 11.7. The molecule has 0 aliphatic carbocycles. The summed E-state index contributed by atoms with van der Waals surface area (Å²) in [5.41, 5.74) is 0.595. The molecule has 0 aromatic heterocycles. The Morgan fingerprint density at radius 2 is 1.68 bits per heavy atom. The lowest BCUT2D eigenvalue weighted by Gasteiger charge is -2.31. The van der Waals surface area contributed by atoms with Crippen molar-refractivity contribution in [1.82, 2.24) is 10.2 Å². The van der Waals surface area contributed by atoms with Gasteiger partial charge in [-0.05, 0) is 56.2 Å². The second-order valence-corrected chi connectivity index (χ2v) is 8.94. The summed E-state index contributed by atoms with van der Waals surface area (Å²) < 4.78 is 6.58. The highest BCUT2D eigenvalue weighted by Gasteiger charge is 2.30. The van der Waals surface area contributed by atoms with E-state index in [1.807, 2.05) is 32.9 Å². The molecule has 168 valence electrons. The van der Waals surface area contributed by atoms with Crippen LogP contribution in [0.3, 0.4) is 0 Å². The van der Waals surface area contributed by atoms with Crippen molar-refractivity contribution >= 4 is 50.9 Å². The van der Waals surface area contributed by atoms with Gasteiger partial charge >= 0.3 is 0 Å². The fourth-order valence-corrected chi connectivity index (χ4v) is 3.75. The summed E-state index contributed by atoms with van der Waals surface area (Å²) >= 11 is 16.1. The van der Waals surface area contributed by atoms with E-state index >= 15 is 0 Å². The van der Waals surface area contributed by atoms with Crippen LogP contribution in [0.25, 0.3) is 0 Å². The fraction of sp³-hybridized carbons (Fsp3) is 0.391.